The minimum atomic E-state index is -0.168. The summed E-state index contributed by atoms with van der Waals surface area (Å²) in [7, 11) is 0. The zero-order chi connectivity index (χ0) is 17.4. The number of hydrogen-bond acceptors (Lipinski definition) is 4. The van der Waals surface area contributed by atoms with Gasteiger partial charge in [-0.3, -0.25) is 14.3 Å². The number of likely N-dealkylation sites (N-methyl/N-ethyl adjacent to an activating group) is 1. The van der Waals surface area contributed by atoms with Crippen LogP contribution in [0.25, 0.3) is 0 Å². The monoisotopic (exact) mass is 335 g/mol. The van der Waals surface area contributed by atoms with Gasteiger partial charge < -0.3 is 16.0 Å². The average Bonchev–Trinajstić information content (AvgIpc) is 3.02. The van der Waals surface area contributed by atoms with Gasteiger partial charge in [-0.25, -0.2) is 0 Å². The Bertz CT molecular complexity index is 537. The fraction of sp³-hybridized carbons (Fsp3) is 0.706. The van der Waals surface area contributed by atoms with Crippen LogP contribution in [-0.2, 0) is 11.3 Å². The van der Waals surface area contributed by atoms with Gasteiger partial charge in [-0.15, -0.1) is 0 Å². The van der Waals surface area contributed by atoms with E-state index < -0.39 is 0 Å². The molecule has 24 heavy (non-hydrogen) atoms. The lowest BCUT2D eigenvalue weighted by Gasteiger charge is -2.22. The Labute approximate surface area is 143 Å². The second-order valence-electron chi connectivity index (χ2n) is 6.50. The summed E-state index contributed by atoms with van der Waals surface area (Å²) in [6.45, 7) is 5.62. The summed E-state index contributed by atoms with van der Waals surface area (Å²) in [5.41, 5.74) is 0.476. The molecule has 7 nitrogen and oxygen atoms in total. The van der Waals surface area contributed by atoms with Crippen LogP contribution in [0.1, 0.15) is 56.3 Å². The van der Waals surface area contributed by atoms with Crippen molar-refractivity contribution in [2.45, 2.75) is 64.6 Å². The zero-order valence-corrected chi connectivity index (χ0v) is 14.7. The minimum absolute atomic E-state index is 0.0438. The Hall–Kier alpha value is -1.89. The number of aromatic nitrogens is 2. The van der Waals surface area contributed by atoms with E-state index in [1.165, 1.54) is 30.1 Å². The Kier molecular flexibility index (Phi) is 7.24. The standard InChI is InChI=1S/C17H29N5O2/c1-3-18-13(2)9-19-17(24)14-10-20-22(11-14)12-16(23)21-15-7-5-4-6-8-15/h10-11,13,15,18H,3-9,12H2,1-2H3,(H,19,24)(H,21,23)/t13-/m1/s1. The average molecular weight is 335 g/mol. The maximum atomic E-state index is 12.1. The van der Waals surface area contributed by atoms with Crippen LogP contribution < -0.4 is 16.0 Å². The Morgan fingerprint density at radius 1 is 1.33 bits per heavy atom. The van der Waals surface area contributed by atoms with E-state index in [0.29, 0.717) is 12.1 Å². The Morgan fingerprint density at radius 2 is 2.08 bits per heavy atom. The fourth-order valence-electron chi connectivity index (χ4n) is 3.00. The van der Waals surface area contributed by atoms with Crippen molar-refractivity contribution in [2.24, 2.45) is 0 Å². The van der Waals surface area contributed by atoms with E-state index >= 15 is 0 Å². The summed E-state index contributed by atoms with van der Waals surface area (Å²) >= 11 is 0. The summed E-state index contributed by atoms with van der Waals surface area (Å²) in [6.07, 6.45) is 8.86. The lowest BCUT2D eigenvalue weighted by molar-refractivity contribution is -0.122. The van der Waals surface area contributed by atoms with E-state index in [-0.39, 0.29) is 30.4 Å². The Morgan fingerprint density at radius 3 is 2.79 bits per heavy atom. The smallest absolute Gasteiger partial charge is 0.254 e. The van der Waals surface area contributed by atoms with Crippen LogP contribution in [0.3, 0.4) is 0 Å². The van der Waals surface area contributed by atoms with Crippen molar-refractivity contribution in [3.63, 3.8) is 0 Å². The zero-order valence-electron chi connectivity index (χ0n) is 14.7. The van der Waals surface area contributed by atoms with Crippen molar-refractivity contribution in [1.29, 1.82) is 0 Å². The third-order valence-corrected chi connectivity index (χ3v) is 4.29. The number of carbonyl (C=O) groups is 2. The van der Waals surface area contributed by atoms with Crippen LogP contribution >= 0.6 is 0 Å². The van der Waals surface area contributed by atoms with E-state index in [9.17, 15) is 9.59 Å². The molecule has 1 aromatic rings. The van der Waals surface area contributed by atoms with Crippen LogP contribution in [0.4, 0.5) is 0 Å². The van der Waals surface area contributed by atoms with Crippen molar-refractivity contribution >= 4 is 11.8 Å². The largest absolute Gasteiger partial charge is 0.352 e. The predicted octanol–water partition coefficient (Wildman–Crippen LogP) is 1.06. The third kappa shape index (κ3) is 5.96. The predicted molar refractivity (Wildman–Crippen MR) is 92.7 cm³/mol. The molecule has 1 aliphatic rings. The van der Waals surface area contributed by atoms with Crippen LogP contribution in [0.5, 0.6) is 0 Å². The molecular formula is C17H29N5O2. The van der Waals surface area contributed by atoms with Crippen molar-refractivity contribution in [2.75, 3.05) is 13.1 Å². The molecule has 0 unspecified atom stereocenters. The molecule has 1 heterocycles. The number of nitrogens with one attached hydrogen (secondary N) is 3. The lowest BCUT2D eigenvalue weighted by Crippen LogP contribution is -2.38. The summed E-state index contributed by atoms with van der Waals surface area (Å²) < 4.78 is 1.51. The van der Waals surface area contributed by atoms with Crippen LogP contribution in [0.15, 0.2) is 12.4 Å². The quantitative estimate of drug-likeness (QED) is 0.663. The number of amides is 2. The SMILES string of the molecule is CCN[C@H](C)CNC(=O)c1cnn(CC(=O)NC2CCCCC2)c1. The van der Waals surface area contributed by atoms with Gasteiger partial charge in [0.1, 0.15) is 6.54 Å². The summed E-state index contributed by atoms with van der Waals surface area (Å²) in [5, 5.41) is 13.3. The normalized spacial score (nSPS) is 16.6. The molecule has 1 aliphatic carbocycles. The maximum Gasteiger partial charge on any atom is 0.254 e. The molecule has 1 fully saturated rings. The Balaban J connectivity index is 1.77. The molecule has 0 aromatic carbocycles. The summed E-state index contributed by atoms with van der Waals surface area (Å²) in [5.74, 6) is -0.212. The highest BCUT2D eigenvalue weighted by atomic mass is 16.2. The van der Waals surface area contributed by atoms with Crippen molar-refractivity contribution in [3.05, 3.63) is 18.0 Å². The number of carbonyl (C=O) groups excluding carboxylic acids is 2. The molecule has 1 atom stereocenters. The van der Waals surface area contributed by atoms with E-state index in [1.807, 2.05) is 13.8 Å². The van der Waals surface area contributed by atoms with E-state index in [4.69, 9.17) is 0 Å². The molecule has 7 heteroatoms. The molecular weight excluding hydrogens is 306 g/mol. The topological polar surface area (TPSA) is 88.0 Å². The first-order valence-corrected chi connectivity index (χ1v) is 8.92. The molecule has 0 bridgehead atoms. The molecule has 134 valence electrons. The molecule has 0 spiro atoms. The van der Waals surface area contributed by atoms with Gasteiger partial charge in [0, 0.05) is 24.8 Å². The highest BCUT2D eigenvalue weighted by molar-refractivity contribution is 5.93. The molecule has 1 saturated carbocycles. The van der Waals surface area contributed by atoms with E-state index in [0.717, 1.165) is 19.4 Å². The van der Waals surface area contributed by atoms with Gasteiger partial charge in [0.25, 0.3) is 5.91 Å². The second-order valence-corrected chi connectivity index (χ2v) is 6.50. The molecule has 2 amide bonds. The molecule has 0 radical (unpaired) electrons. The van der Waals surface area contributed by atoms with Gasteiger partial charge in [-0.2, -0.15) is 5.10 Å². The summed E-state index contributed by atoms with van der Waals surface area (Å²) in [4.78, 5) is 24.1. The first-order valence-electron chi connectivity index (χ1n) is 8.92. The van der Waals surface area contributed by atoms with Gasteiger partial charge in [0.05, 0.1) is 11.8 Å². The van der Waals surface area contributed by atoms with E-state index in [2.05, 4.69) is 21.0 Å². The highest BCUT2D eigenvalue weighted by Gasteiger charge is 2.16. The highest BCUT2D eigenvalue weighted by Crippen LogP contribution is 2.17. The van der Waals surface area contributed by atoms with Gasteiger partial charge in [0.2, 0.25) is 5.91 Å². The van der Waals surface area contributed by atoms with Crippen molar-refractivity contribution < 1.29 is 9.59 Å². The molecule has 3 N–H and O–H groups in total. The first kappa shape index (κ1) is 18.4. The van der Waals surface area contributed by atoms with Crippen LogP contribution in [0.2, 0.25) is 0 Å². The van der Waals surface area contributed by atoms with Crippen LogP contribution in [-0.4, -0.2) is 46.8 Å². The van der Waals surface area contributed by atoms with Gasteiger partial charge >= 0.3 is 0 Å². The van der Waals surface area contributed by atoms with Crippen molar-refractivity contribution in [3.8, 4) is 0 Å². The number of hydrogen-bond donors (Lipinski definition) is 3. The summed E-state index contributed by atoms with van der Waals surface area (Å²) in [6, 6.07) is 0.507. The maximum absolute atomic E-state index is 12.1. The van der Waals surface area contributed by atoms with E-state index in [1.54, 1.807) is 6.20 Å². The van der Waals surface area contributed by atoms with Gasteiger partial charge in [0.15, 0.2) is 0 Å². The first-order chi connectivity index (χ1) is 11.6. The second kappa shape index (κ2) is 9.42. The molecule has 0 aliphatic heterocycles. The third-order valence-electron chi connectivity index (χ3n) is 4.29. The van der Waals surface area contributed by atoms with Gasteiger partial charge in [-0.05, 0) is 26.3 Å². The number of nitrogens with zero attached hydrogens (tertiary/aromatic N) is 2. The number of rotatable bonds is 8. The molecule has 1 aromatic heterocycles. The molecule has 2 rings (SSSR count). The van der Waals surface area contributed by atoms with Gasteiger partial charge in [-0.1, -0.05) is 26.2 Å². The van der Waals surface area contributed by atoms with Crippen LogP contribution in [0, 0.1) is 0 Å². The van der Waals surface area contributed by atoms with Crippen molar-refractivity contribution in [1.82, 2.24) is 25.7 Å². The fourth-order valence-corrected chi connectivity index (χ4v) is 3.00. The lowest BCUT2D eigenvalue weighted by atomic mass is 9.95. The molecule has 0 saturated heterocycles. The minimum Gasteiger partial charge on any atom is -0.352 e.